The normalized spacial score (nSPS) is 18.0. The van der Waals surface area contributed by atoms with Gasteiger partial charge >= 0.3 is 0 Å². The van der Waals surface area contributed by atoms with Crippen LogP contribution in [0.25, 0.3) is 9.88 Å². The summed E-state index contributed by atoms with van der Waals surface area (Å²) in [5.74, 6) is 0. The fourth-order valence-electron chi connectivity index (χ4n) is 1.73. The number of thiophene rings is 1. The van der Waals surface area contributed by atoms with Crippen LogP contribution in [0.5, 0.6) is 0 Å². The van der Waals surface area contributed by atoms with Crippen molar-refractivity contribution in [1.29, 1.82) is 0 Å². The van der Waals surface area contributed by atoms with Crippen LogP contribution in [0.3, 0.4) is 0 Å². The van der Waals surface area contributed by atoms with Gasteiger partial charge in [-0.2, -0.15) is 0 Å². The summed E-state index contributed by atoms with van der Waals surface area (Å²) >= 11 is 6.74. The van der Waals surface area contributed by atoms with E-state index in [4.69, 9.17) is 4.74 Å². The van der Waals surface area contributed by atoms with Gasteiger partial charge in [0, 0.05) is 5.38 Å². The Balaban J connectivity index is 1.92. The predicted molar refractivity (Wildman–Crippen MR) is 72.7 cm³/mol. The van der Waals surface area contributed by atoms with Gasteiger partial charge in [0.15, 0.2) is 0 Å². The minimum atomic E-state index is -0.261. The molecule has 1 saturated heterocycles. The van der Waals surface area contributed by atoms with Crippen LogP contribution in [0, 0.1) is 0 Å². The van der Waals surface area contributed by atoms with Crippen LogP contribution in [0.2, 0.25) is 0 Å². The maximum absolute atomic E-state index is 9.45. The highest BCUT2D eigenvalue weighted by molar-refractivity contribution is 9.11. The van der Waals surface area contributed by atoms with E-state index in [-0.39, 0.29) is 12.0 Å². The zero-order valence-electron chi connectivity index (χ0n) is 8.85. The number of ether oxygens (including phenoxy) is 1. The molecule has 3 nitrogen and oxygen atoms in total. The van der Waals surface area contributed by atoms with Crippen molar-refractivity contribution in [2.24, 2.45) is 0 Å². The Morgan fingerprint density at radius 1 is 1.47 bits per heavy atom. The molecular weight excluding hydrogens is 322 g/mol. The number of thiazole rings is 1. The maximum atomic E-state index is 9.45. The maximum Gasteiger partial charge on any atom is 0.133 e. The molecule has 0 spiro atoms. The van der Waals surface area contributed by atoms with Gasteiger partial charge in [0.2, 0.25) is 0 Å². The van der Waals surface area contributed by atoms with Crippen molar-refractivity contribution in [2.45, 2.75) is 5.41 Å². The molecule has 0 radical (unpaired) electrons. The Hall–Kier alpha value is -0.270. The second-order valence-electron chi connectivity index (χ2n) is 4.07. The van der Waals surface area contributed by atoms with E-state index >= 15 is 0 Å². The largest absolute Gasteiger partial charge is 0.395 e. The molecule has 1 aliphatic rings. The number of hydrogen-bond donors (Lipinski definition) is 1. The lowest BCUT2D eigenvalue weighted by atomic mass is 9.84. The quantitative estimate of drug-likeness (QED) is 0.940. The third kappa shape index (κ3) is 1.98. The minimum Gasteiger partial charge on any atom is -0.395 e. The van der Waals surface area contributed by atoms with Gasteiger partial charge in [0.1, 0.15) is 5.01 Å². The van der Waals surface area contributed by atoms with Crippen molar-refractivity contribution in [1.82, 2.24) is 4.98 Å². The highest BCUT2D eigenvalue weighted by Gasteiger charge is 2.42. The van der Waals surface area contributed by atoms with Gasteiger partial charge in [-0.15, -0.1) is 22.7 Å². The molecule has 1 fully saturated rings. The van der Waals surface area contributed by atoms with Crippen LogP contribution < -0.4 is 0 Å². The Morgan fingerprint density at radius 3 is 2.82 bits per heavy atom. The molecule has 2 aromatic heterocycles. The van der Waals surface area contributed by atoms with Crippen molar-refractivity contribution in [3.63, 3.8) is 0 Å². The predicted octanol–water partition coefficient (Wildman–Crippen LogP) is 2.89. The lowest BCUT2D eigenvalue weighted by molar-refractivity contribution is -0.0859. The second-order valence-corrected chi connectivity index (χ2v) is 7.39. The van der Waals surface area contributed by atoms with E-state index in [0.29, 0.717) is 13.2 Å². The van der Waals surface area contributed by atoms with E-state index in [9.17, 15) is 5.11 Å². The first kappa shape index (κ1) is 11.8. The molecule has 3 heterocycles. The third-order valence-corrected chi connectivity index (χ3v) is 5.53. The highest BCUT2D eigenvalue weighted by atomic mass is 79.9. The molecular formula is C11H10BrNO2S2. The Bertz CT molecular complexity index is 528. The van der Waals surface area contributed by atoms with Crippen molar-refractivity contribution in [3.05, 3.63) is 27.0 Å². The Morgan fingerprint density at radius 2 is 2.29 bits per heavy atom. The van der Waals surface area contributed by atoms with Crippen LogP contribution >= 0.6 is 38.6 Å². The molecule has 1 aliphatic heterocycles. The molecule has 0 aromatic carbocycles. The lowest BCUT2D eigenvalue weighted by Crippen LogP contribution is -2.49. The van der Waals surface area contributed by atoms with Crippen LogP contribution in [-0.4, -0.2) is 29.9 Å². The summed E-state index contributed by atoms with van der Waals surface area (Å²) in [5.41, 5.74) is 0.694. The fourth-order valence-corrected chi connectivity index (χ4v) is 4.13. The van der Waals surface area contributed by atoms with Crippen LogP contribution in [-0.2, 0) is 10.2 Å². The molecule has 0 aliphatic carbocycles. The van der Waals surface area contributed by atoms with Crippen LogP contribution in [0.4, 0.5) is 0 Å². The molecule has 6 heteroatoms. The average molecular weight is 332 g/mol. The van der Waals surface area contributed by atoms with Gasteiger partial charge < -0.3 is 9.84 Å². The van der Waals surface area contributed by atoms with E-state index in [1.54, 1.807) is 22.7 Å². The second kappa shape index (κ2) is 4.44. The van der Waals surface area contributed by atoms with Crippen molar-refractivity contribution in [2.75, 3.05) is 19.8 Å². The summed E-state index contributed by atoms with van der Waals surface area (Å²) in [5, 5.41) is 12.5. The minimum absolute atomic E-state index is 0.101. The number of aliphatic hydroxyl groups excluding tert-OH is 1. The van der Waals surface area contributed by atoms with Crippen molar-refractivity contribution < 1.29 is 9.84 Å². The first-order valence-corrected chi connectivity index (χ1v) is 7.63. The summed E-state index contributed by atoms with van der Waals surface area (Å²) in [4.78, 5) is 5.78. The number of aliphatic hydroxyl groups is 1. The summed E-state index contributed by atoms with van der Waals surface area (Å²) < 4.78 is 6.31. The number of hydrogen-bond acceptors (Lipinski definition) is 5. The average Bonchev–Trinajstić information content (AvgIpc) is 2.86. The SMILES string of the molecule is OCC1(c2csc(-c3ccc(Br)s3)n2)COC1. The lowest BCUT2D eigenvalue weighted by Gasteiger charge is -2.38. The van der Waals surface area contributed by atoms with E-state index in [2.05, 4.69) is 27.0 Å². The molecule has 0 unspecified atom stereocenters. The first-order valence-electron chi connectivity index (χ1n) is 5.14. The summed E-state index contributed by atoms with van der Waals surface area (Å²) in [6.45, 7) is 1.24. The summed E-state index contributed by atoms with van der Waals surface area (Å²) in [6.07, 6.45) is 0. The van der Waals surface area contributed by atoms with E-state index in [1.165, 1.54) is 0 Å². The van der Waals surface area contributed by atoms with E-state index in [1.807, 2.05) is 11.4 Å². The Kier molecular flexibility index (Phi) is 3.08. The standard InChI is InChI=1S/C11H10BrNO2S2/c12-9-2-1-7(17-9)10-13-8(3-16-10)11(4-14)5-15-6-11/h1-3,14H,4-6H2. The molecule has 3 rings (SSSR count). The zero-order valence-corrected chi connectivity index (χ0v) is 12.1. The summed E-state index contributed by atoms with van der Waals surface area (Å²) in [7, 11) is 0. The van der Waals surface area contributed by atoms with Crippen molar-refractivity contribution >= 4 is 38.6 Å². The van der Waals surface area contributed by atoms with Crippen molar-refractivity contribution in [3.8, 4) is 9.88 Å². The topological polar surface area (TPSA) is 42.4 Å². The monoisotopic (exact) mass is 331 g/mol. The van der Waals surface area contributed by atoms with Gasteiger partial charge in [-0.05, 0) is 28.1 Å². The number of rotatable bonds is 3. The molecule has 0 bridgehead atoms. The smallest absolute Gasteiger partial charge is 0.133 e. The summed E-state index contributed by atoms with van der Waals surface area (Å²) in [6, 6.07) is 4.08. The molecule has 90 valence electrons. The van der Waals surface area contributed by atoms with Gasteiger partial charge in [-0.25, -0.2) is 4.98 Å². The number of halogens is 1. The Labute approximate surface area is 115 Å². The highest BCUT2D eigenvalue weighted by Crippen LogP contribution is 2.37. The molecule has 0 amide bonds. The number of nitrogens with zero attached hydrogens (tertiary/aromatic N) is 1. The third-order valence-electron chi connectivity index (χ3n) is 2.89. The molecule has 0 saturated carbocycles. The molecule has 2 aromatic rings. The zero-order chi connectivity index (χ0) is 11.9. The van der Waals surface area contributed by atoms with Gasteiger partial charge in [-0.3, -0.25) is 0 Å². The number of aromatic nitrogens is 1. The van der Waals surface area contributed by atoms with Crippen LogP contribution in [0.15, 0.2) is 21.3 Å². The molecule has 0 atom stereocenters. The molecule has 1 N–H and O–H groups in total. The van der Waals surface area contributed by atoms with E-state index < -0.39 is 0 Å². The van der Waals surface area contributed by atoms with Crippen LogP contribution in [0.1, 0.15) is 5.69 Å². The van der Waals surface area contributed by atoms with Gasteiger partial charge in [-0.1, -0.05) is 0 Å². The van der Waals surface area contributed by atoms with Gasteiger partial charge in [0.25, 0.3) is 0 Å². The first-order chi connectivity index (χ1) is 8.23. The molecule has 17 heavy (non-hydrogen) atoms. The van der Waals surface area contributed by atoms with E-state index in [0.717, 1.165) is 19.4 Å². The fraction of sp³-hybridized carbons (Fsp3) is 0.364. The van der Waals surface area contributed by atoms with Gasteiger partial charge in [0.05, 0.1) is 39.6 Å².